The highest BCUT2D eigenvalue weighted by molar-refractivity contribution is 5.83. The number of hydrogen-bond acceptors (Lipinski definition) is 7. The maximum absolute atomic E-state index is 12.8. The normalized spacial score (nSPS) is 38.7. The van der Waals surface area contributed by atoms with Gasteiger partial charge in [-0.25, -0.2) is 4.79 Å². The molecule has 3 aliphatic heterocycles. The van der Waals surface area contributed by atoms with Crippen LogP contribution in [0.2, 0.25) is 0 Å². The van der Waals surface area contributed by atoms with Gasteiger partial charge in [0.15, 0.2) is 6.29 Å². The van der Waals surface area contributed by atoms with Crippen molar-refractivity contribution >= 4 is 5.97 Å². The average molecular weight is 321 g/mol. The Bertz CT molecular complexity index is 595. The van der Waals surface area contributed by atoms with Gasteiger partial charge in [-0.1, -0.05) is 30.3 Å². The van der Waals surface area contributed by atoms with Gasteiger partial charge in [0.25, 0.3) is 0 Å². The van der Waals surface area contributed by atoms with Crippen molar-refractivity contribution in [3.05, 3.63) is 35.9 Å². The summed E-state index contributed by atoms with van der Waals surface area (Å²) in [6.07, 6.45) is -1.45. The Morgan fingerprint density at radius 2 is 2.17 bits per heavy atom. The molecule has 0 saturated carbocycles. The minimum atomic E-state index is -1.13. The second-order valence-electron chi connectivity index (χ2n) is 5.79. The number of benzene rings is 1. The van der Waals surface area contributed by atoms with Crippen molar-refractivity contribution in [2.24, 2.45) is 5.92 Å². The first kappa shape index (κ1) is 15.0. The van der Waals surface area contributed by atoms with Gasteiger partial charge in [-0.3, -0.25) is 9.68 Å². The SMILES string of the molecule is CCOC(=O)[C@@]12[C@H]3CON1O[C@@H](c1ccccc1)[C@@H]2C(OC)O3. The number of carbonyl (C=O) groups is 1. The number of methoxy groups -OCH3 is 1. The van der Waals surface area contributed by atoms with Gasteiger partial charge in [0.05, 0.1) is 12.5 Å². The molecule has 7 heteroatoms. The van der Waals surface area contributed by atoms with Crippen molar-refractivity contribution in [2.45, 2.75) is 31.0 Å². The van der Waals surface area contributed by atoms with Crippen LogP contribution in [0, 0.1) is 5.92 Å². The highest BCUT2D eigenvalue weighted by Crippen LogP contribution is 2.57. The van der Waals surface area contributed by atoms with Crippen molar-refractivity contribution < 1.29 is 28.7 Å². The van der Waals surface area contributed by atoms with Crippen molar-refractivity contribution in [3.8, 4) is 0 Å². The number of esters is 1. The molecule has 0 aromatic heterocycles. The zero-order chi connectivity index (χ0) is 16.0. The van der Waals surface area contributed by atoms with E-state index in [1.807, 2.05) is 30.3 Å². The third-order valence-electron chi connectivity index (χ3n) is 4.73. The smallest absolute Gasteiger partial charge is 0.335 e. The van der Waals surface area contributed by atoms with Crippen molar-refractivity contribution in [3.63, 3.8) is 0 Å². The van der Waals surface area contributed by atoms with E-state index in [4.69, 9.17) is 23.9 Å². The molecule has 23 heavy (non-hydrogen) atoms. The van der Waals surface area contributed by atoms with Crippen molar-refractivity contribution in [1.29, 1.82) is 0 Å². The summed E-state index contributed by atoms with van der Waals surface area (Å²) in [5.74, 6) is -0.771. The lowest BCUT2D eigenvalue weighted by Crippen LogP contribution is -2.55. The topological polar surface area (TPSA) is 66.5 Å². The third kappa shape index (κ3) is 1.91. The predicted molar refractivity (Wildman–Crippen MR) is 76.6 cm³/mol. The Labute approximate surface area is 133 Å². The number of hydroxylamine groups is 2. The van der Waals surface area contributed by atoms with E-state index in [1.165, 1.54) is 5.23 Å². The number of ether oxygens (including phenoxy) is 3. The molecule has 1 aromatic rings. The Morgan fingerprint density at radius 3 is 2.87 bits per heavy atom. The van der Waals surface area contributed by atoms with Crippen LogP contribution < -0.4 is 0 Å². The molecular formula is C16H19NO6. The second-order valence-corrected chi connectivity index (χ2v) is 5.79. The third-order valence-corrected chi connectivity index (χ3v) is 4.73. The molecule has 0 bridgehead atoms. The first-order valence-electron chi connectivity index (χ1n) is 7.73. The van der Waals surface area contributed by atoms with Crippen LogP contribution in [-0.4, -0.2) is 49.5 Å². The van der Waals surface area contributed by atoms with Gasteiger partial charge in [-0.05, 0) is 17.7 Å². The molecule has 3 aliphatic rings. The predicted octanol–water partition coefficient (Wildman–Crippen LogP) is 1.21. The van der Waals surface area contributed by atoms with E-state index in [0.29, 0.717) is 0 Å². The number of hydrogen-bond donors (Lipinski definition) is 0. The minimum Gasteiger partial charge on any atom is -0.464 e. The van der Waals surface area contributed by atoms with Crippen LogP contribution in [0.15, 0.2) is 30.3 Å². The van der Waals surface area contributed by atoms with Gasteiger partial charge in [0.2, 0.25) is 5.54 Å². The zero-order valence-corrected chi connectivity index (χ0v) is 13.0. The summed E-state index contributed by atoms with van der Waals surface area (Å²) in [4.78, 5) is 24.3. The summed E-state index contributed by atoms with van der Waals surface area (Å²) in [7, 11) is 1.57. The molecule has 3 saturated heterocycles. The van der Waals surface area contributed by atoms with Gasteiger partial charge < -0.3 is 14.2 Å². The van der Waals surface area contributed by atoms with Crippen LogP contribution in [-0.2, 0) is 28.7 Å². The van der Waals surface area contributed by atoms with Crippen molar-refractivity contribution in [2.75, 3.05) is 20.3 Å². The standard InChI is InChI=1S/C16H19NO6/c1-3-20-15(18)16-11-9-21-17(16)23-13(10-7-5-4-6-8-10)12(16)14(19-2)22-11/h4-8,11-14H,3,9H2,1-2H3/t11-,12-,13+,14?,16+/m1/s1. The second kappa shape index (κ2) is 5.54. The lowest BCUT2D eigenvalue weighted by molar-refractivity contribution is -0.357. The molecule has 1 unspecified atom stereocenters. The van der Waals surface area contributed by atoms with Crippen LogP contribution in [0.4, 0.5) is 0 Å². The van der Waals surface area contributed by atoms with Crippen LogP contribution in [0.5, 0.6) is 0 Å². The highest BCUT2D eigenvalue weighted by atomic mass is 17.0. The first-order chi connectivity index (χ1) is 11.2. The minimum absolute atomic E-state index is 0.233. The van der Waals surface area contributed by atoms with E-state index < -0.39 is 30.0 Å². The Morgan fingerprint density at radius 1 is 1.39 bits per heavy atom. The molecule has 3 heterocycles. The van der Waals surface area contributed by atoms with E-state index in [1.54, 1.807) is 14.0 Å². The van der Waals surface area contributed by atoms with E-state index in [9.17, 15) is 4.79 Å². The summed E-state index contributed by atoms with van der Waals surface area (Å²) in [6, 6.07) is 9.68. The Balaban J connectivity index is 1.79. The fraction of sp³-hybridized carbons (Fsp3) is 0.562. The van der Waals surface area contributed by atoms with Crippen LogP contribution in [0.25, 0.3) is 0 Å². The summed E-state index contributed by atoms with van der Waals surface area (Å²) < 4.78 is 16.7. The molecule has 0 amide bonds. The average Bonchev–Trinajstić information content (AvgIpc) is 3.20. The molecule has 124 valence electrons. The molecule has 1 aromatic carbocycles. The van der Waals surface area contributed by atoms with Crippen LogP contribution in [0.3, 0.4) is 0 Å². The Kier molecular flexibility index (Phi) is 3.62. The summed E-state index contributed by atoms with van der Waals surface area (Å²) in [5.41, 5.74) is -0.192. The summed E-state index contributed by atoms with van der Waals surface area (Å²) >= 11 is 0. The van der Waals surface area contributed by atoms with Gasteiger partial charge in [-0.2, -0.15) is 0 Å². The fourth-order valence-electron chi connectivity index (χ4n) is 3.78. The largest absolute Gasteiger partial charge is 0.464 e. The Hall–Kier alpha value is -1.51. The molecule has 0 aliphatic carbocycles. The molecule has 4 rings (SSSR count). The highest BCUT2D eigenvalue weighted by Gasteiger charge is 2.77. The molecule has 0 radical (unpaired) electrons. The van der Waals surface area contributed by atoms with E-state index in [0.717, 1.165) is 5.56 Å². The lowest BCUT2D eigenvalue weighted by Gasteiger charge is -2.27. The molecule has 7 nitrogen and oxygen atoms in total. The zero-order valence-electron chi connectivity index (χ0n) is 13.0. The maximum atomic E-state index is 12.8. The summed E-state index contributed by atoms with van der Waals surface area (Å²) in [5, 5.41) is 1.27. The first-order valence-corrected chi connectivity index (χ1v) is 7.73. The van der Waals surface area contributed by atoms with Gasteiger partial charge in [0, 0.05) is 7.11 Å². The van der Waals surface area contributed by atoms with E-state index in [-0.39, 0.29) is 19.1 Å². The van der Waals surface area contributed by atoms with Gasteiger partial charge in [-0.15, -0.1) is 0 Å². The van der Waals surface area contributed by atoms with E-state index >= 15 is 0 Å². The van der Waals surface area contributed by atoms with Crippen LogP contribution in [0.1, 0.15) is 18.6 Å². The quantitative estimate of drug-likeness (QED) is 0.772. The van der Waals surface area contributed by atoms with E-state index in [2.05, 4.69) is 0 Å². The molecular weight excluding hydrogens is 302 g/mol. The molecule has 0 spiro atoms. The fourth-order valence-corrected chi connectivity index (χ4v) is 3.78. The monoisotopic (exact) mass is 321 g/mol. The van der Waals surface area contributed by atoms with Crippen LogP contribution >= 0.6 is 0 Å². The lowest BCUT2D eigenvalue weighted by atomic mass is 9.78. The number of rotatable bonds is 4. The van der Waals surface area contributed by atoms with Gasteiger partial charge in [0.1, 0.15) is 18.8 Å². The molecule has 5 atom stereocenters. The maximum Gasteiger partial charge on any atom is 0.335 e. The van der Waals surface area contributed by atoms with Gasteiger partial charge >= 0.3 is 5.97 Å². The number of carbonyl (C=O) groups excluding carboxylic acids is 1. The molecule has 0 N–H and O–H groups in total. The van der Waals surface area contributed by atoms with Crippen molar-refractivity contribution in [1.82, 2.24) is 5.23 Å². The number of nitrogens with zero attached hydrogens (tertiary/aromatic N) is 1. The molecule has 3 fully saturated rings. The summed E-state index contributed by atoms with van der Waals surface area (Å²) in [6.45, 7) is 2.29.